The molecule has 0 bridgehead atoms. The molecule has 2 aliphatic heterocycles. The van der Waals surface area contributed by atoms with Gasteiger partial charge in [0.2, 0.25) is 0 Å². The molecule has 6 atom stereocenters. The lowest BCUT2D eigenvalue weighted by molar-refractivity contribution is -0.167. The Bertz CT molecular complexity index is 264. The van der Waals surface area contributed by atoms with Gasteiger partial charge in [0.25, 0.3) is 0 Å². The monoisotopic (exact) mass is 304 g/mol. The standard InChI is InChI=1S/C15H28O6/c1-3-10(14(16)20-8-12-6-18-12)5-11(4-2)15(17)21-9-13-7-19-13/h10-17H,3-9H2,1-2H3. The van der Waals surface area contributed by atoms with Crippen LogP contribution in [-0.4, -0.2) is 61.4 Å². The van der Waals surface area contributed by atoms with Crippen LogP contribution in [0.5, 0.6) is 0 Å². The highest BCUT2D eigenvalue weighted by molar-refractivity contribution is 4.73. The largest absolute Gasteiger partial charge is 0.371 e. The van der Waals surface area contributed by atoms with Crippen molar-refractivity contribution in [1.29, 1.82) is 0 Å². The van der Waals surface area contributed by atoms with Gasteiger partial charge in [-0.1, -0.05) is 13.8 Å². The first kappa shape index (κ1) is 17.1. The van der Waals surface area contributed by atoms with Crippen LogP contribution >= 0.6 is 0 Å². The van der Waals surface area contributed by atoms with Crippen molar-refractivity contribution in [3.05, 3.63) is 0 Å². The van der Waals surface area contributed by atoms with Gasteiger partial charge in [0.05, 0.1) is 26.4 Å². The Kier molecular flexibility index (Phi) is 6.85. The molecule has 0 amide bonds. The minimum atomic E-state index is -0.813. The number of rotatable bonds is 12. The average molecular weight is 304 g/mol. The molecule has 0 aromatic carbocycles. The van der Waals surface area contributed by atoms with Crippen molar-refractivity contribution in [2.75, 3.05) is 26.4 Å². The number of aliphatic hydroxyl groups is 2. The summed E-state index contributed by atoms with van der Waals surface area (Å²) in [5.41, 5.74) is 0. The molecule has 2 saturated heterocycles. The van der Waals surface area contributed by atoms with Crippen molar-refractivity contribution >= 4 is 0 Å². The first-order valence-corrected chi connectivity index (χ1v) is 7.96. The summed E-state index contributed by atoms with van der Waals surface area (Å²) in [6.45, 7) is 6.35. The normalized spacial score (nSPS) is 29.7. The Balaban J connectivity index is 1.72. The van der Waals surface area contributed by atoms with Gasteiger partial charge in [0.1, 0.15) is 12.2 Å². The number of hydrogen-bond acceptors (Lipinski definition) is 6. The smallest absolute Gasteiger partial charge is 0.157 e. The van der Waals surface area contributed by atoms with Gasteiger partial charge in [-0.25, -0.2) is 0 Å². The summed E-state index contributed by atoms with van der Waals surface area (Å²) in [4.78, 5) is 0. The molecule has 2 fully saturated rings. The number of epoxide rings is 2. The van der Waals surface area contributed by atoms with Gasteiger partial charge in [-0.3, -0.25) is 0 Å². The number of aliphatic hydroxyl groups excluding tert-OH is 2. The maximum absolute atomic E-state index is 10.1. The highest BCUT2D eigenvalue weighted by Gasteiger charge is 2.30. The van der Waals surface area contributed by atoms with E-state index in [0.717, 1.165) is 26.1 Å². The maximum atomic E-state index is 10.1. The molecule has 6 unspecified atom stereocenters. The van der Waals surface area contributed by atoms with E-state index in [4.69, 9.17) is 18.9 Å². The van der Waals surface area contributed by atoms with Gasteiger partial charge in [0.15, 0.2) is 12.6 Å². The summed E-state index contributed by atoms with van der Waals surface area (Å²) in [6.07, 6.45) is 0.924. The van der Waals surface area contributed by atoms with E-state index in [-0.39, 0.29) is 24.0 Å². The predicted octanol–water partition coefficient (Wildman–Crippen LogP) is 0.896. The van der Waals surface area contributed by atoms with E-state index in [2.05, 4.69) is 0 Å². The zero-order chi connectivity index (χ0) is 15.2. The number of hydrogen-bond donors (Lipinski definition) is 2. The van der Waals surface area contributed by atoms with Crippen LogP contribution in [-0.2, 0) is 18.9 Å². The molecule has 2 N–H and O–H groups in total. The van der Waals surface area contributed by atoms with E-state index in [0.29, 0.717) is 19.6 Å². The fourth-order valence-electron chi connectivity index (χ4n) is 2.37. The fourth-order valence-corrected chi connectivity index (χ4v) is 2.37. The second-order valence-electron chi connectivity index (χ2n) is 5.93. The van der Waals surface area contributed by atoms with E-state index < -0.39 is 12.6 Å². The Morgan fingerprint density at radius 2 is 1.29 bits per heavy atom. The topological polar surface area (TPSA) is 84.0 Å². The maximum Gasteiger partial charge on any atom is 0.157 e. The van der Waals surface area contributed by atoms with Crippen molar-refractivity contribution in [1.82, 2.24) is 0 Å². The van der Waals surface area contributed by atoms with Gasteiger partial charge in [0, 0.05) is 11.8 Å². The Hall–Kier alpha value is -0.240. The summed E-state index contributed by atoms with van der Waals surface area (Å²) >= 11 is 0. The molecule has 21 heavy (non-hydrogen) atoms. The van der Waals surface area contributed by atoms with Crippen LogP contribution in [0.25, 0.3) is 0 Å². The van der Waals surface area contributed by atoms with Crippen LogP contribution in [0.2, 0.25) is 0 Å². The molecular weight excluding hydrogens is 276 g/mol. The molecule has 2 heterocycles. The zero-order valence-electron chi connectivity index (χ0n) is 12.9. The molecule has 0 saturated carbocycles. The van der Waals surface area contributed by atoms with Crippen LogP contribution in [0.3, 0.4) is 0 Å². The summed E-state index contributed by atoms with van der Waals surface area (Å²) in [5, 5.41) is 20.2. The van der Waals surface area contributed by atoms with Crippen molar-refractivity contribution in [2.45, 2.75) is 57.9 Å². The molecule has 0 aromatic rings. The van der Waals surface area contributed by atoms with E-state index >= 15 is 0 Å². The molecule has 6 nitrogen and oxygen atoms in total. The summed E-state index contributed by atoms with van der Waals surface area (Å²) in [6, 6.07) is 0. The summed E-state index contributed by atoms with van der Waals surface area (Å²) in [7, 11) is 0. The van der Waals surface area contributed by atoms with Crippen molar-refractivity contribution < 1.29 is 29.2 Å². The predicted molar refractivity (Wildman–Crippen MR) is 75.6 cm³/mol. The number of ether oxygens (including phenoxy) is 4. The third-order valence-electron chi connectivity index (χ3n) is 4.17. The van der Waals surface area contributed by atoms with Crippen LogP contribution < -0.4 is 0 Å². The Morgan fingerprint density at radius 1 is 0.905 bits per heavy atom. The molecule has 124 valence electrons. The van der Waals surface area contributed by atoms with Crippen LogP contribution in [0.4, 0.5) is 0 Å². The first-order valence-electron chi connectivity index (χ1n) is 7.96. The summed E-state index contributed by atoms with van der Waals surface area (Å²) in [5.74, 6) is -0.0201. The highest BCUT2D eigenvalue weighted by Crippen LogP contribution is 2.26. The highest BCUT2D eigenvalue weighted by atomic mass is 16.6. The van der Waals surface area contributed by atoms with E-state index in [9.17, 15) is 10.2 Å². The van der Waals surface area contributed by atoms with E-state index in [1.807, 2.05) is 13.8 Å². The van der Waals surface area contributed by atoms with Crippen LogP contribution in [0.15, 0.2) is 0 Å². The van der Waals surface area contributed by atoms with E-state index in [1.165, 1.54) is 0 Å². The molecule has 0 spiro atoms. The van der Waals surface area contributed by atoms with Gasteiger partial charge in [-0.05, 0) is 19.3 Å². The lowest BCUT2D eigenvalue weighted by Crippen LogP contribution is -2.32. The van der Waals surface area contributed by atoms with E-state index in [1.54, 1.807) is 0 Å². The third-order valence-corrected chi connectivity index (χ3v) is 4.17. The lowest BCUT2D eigenvalue weighted by atomic mass is 9.89. The Morgan fingerprint density at radius 3 is 1.57 bits per heavy atom. The molecule has 0 radical (unpaired) electrons. The lowest BCUT2D eigenvalue weighted by Gasteiger charge is -2.28. The van der Waals surface area contributed by atoms with Crippen molar-refractivity contribution in [2.24, 2.45) is 11.8 Å². The second-order valence-corrected chi connectivity index (χ2v) is 5.93. The van der Waals surface area contributed by atoms with Gasteiger partial charge >= 0.3 is 0 Å². The second kappa shape index (κ2) is 8.41. The van der Waals surface area contributed by atoms with Gasteiger partial charge in [-0.2, -0.15) is 0 Å². The Labute approximate surface area is 126 Å². The fraction of sp³-hybridized carbons (Fsp3) is 1.00. The minimum Gasteiger partial charge on any atom is -0.371 e. The summed E-state index contributed by atoms with van der Waals surface area (Å²) < 4.78 is 21.0. The molecule has 6 heteroatoms. The average Bonchev–Trinajstić information content (AvgIpc) is 3.38. The molecular formula is C15H28O6. The van der Waals surface area contributed by atoms with Crippen molar-refractivity contribution in [3.63, 3.8) is 0 Å². The minimum absolute atomic E-state index is 0.0101. The van der Waals surface area contributed by atoms with Gasteiger partial charge in [-0.15, -0.1) is 0 Å². The molecule has 0 aliphatic carbocycles. The quantitative estimate of drug-likeness (QED) is 0.412. The molecule has 0 aromatic heterocycles. The molecule has 2 rings (SSSR count). The SMILES string of the molecule is CCC(CC(CC)C(O)OCC1CO1)C(O)OCC1CO1. The van der Waals surface area contributed by atoms with Crippen molar-refractivity contribution in [3.8, 4) is 0 Å². The van der Waals surface area contributed by atoms with Crippen LogP contribution in [0, 0.1) is 11.8 Å². The first-order chi connectivity index (χ1) is 10.1. The van der Waals surface area contributed by atoms with Crippen LogP contribution in [0.1, 0.15) is 33.1 Å². The zero-order valence-corrected chi connectivity index (χ0v) is 12.9. The van der Waals surface area contributed by atoms with Gasteiger partial charge < -0.3 is 29.2 Å². The molecule has 2 aliphatic rings. The third kappa shape index (κ3) is 6.18.